The number of nitrogen functional groups attached to an aromatic ring is 1. The Labute approximate surface area is 164 Å². The molecule has 2 N–H and O–H groups in total. The average Bonchev–Trinajstić information content (AvgIpc) is 2.72. The summed E-state index contributed by atoms with van der Waals surface area (Å²) in [6, 6.07) is 13.2. The lowest BCUT2D eigenvalue weighted by Gasteiger charge is -2.14. The number of rotatable bonds is 7. The van der Waals surface area contributed by atoms with Crippen LogP contribution in [0.3, 0.4) is 0 Å². The highest BCUT2D eigenvalue weighted by Gasteiger charge is 2.16. The Morgan fingerprint density at radius 3 is 1.86 bits per heavy atom. The van der Waals surface area contributed by atoms with Crippen LogP contribution in [0.4, 0.5) is 5.95 Å². The fourth-order valence-electron chi connectivity index (χ4n) is 2.88. The summed E-state index contributed by atoms with van der Waals surface area (Å²) in [7, 11) is 4.70. The molecule has 0 radical (unpaired) electrons. The Morgan fingerprint density at radius 2 is 1.36 bits per heavy atom. The van der Waals surface area contributed by atoms with E-state index in [-0.39, 0.29) is 5.95 Å². The Kier molecular flexibility index (Phi) is 5.84. The van der Waals surface area contributed by atoms with E-state index in [0.717, 1.165) is 16.9 Å². The zero-order valence-electron chi connectivity index (χ0n) is 16.4. The summed E-state index contributed by atoms with van der Waals surface area (Å²) in [6.07, 6.45) is 0. The van der Waals surface area contributed by atoms with Crippen LogP contribution >= 0.6 is 0 Å². The molecule has 2 aromatic carbocycles. The summed E-state index contributed by atoms with van der Waals surface area (Å²) in [6.45, 7) is 2.56. The van der Waals surface area contributed by atoms with Gasteiger partial charge in [0.2, 0.25) is 11.7 Å². The van der Waals surface area contributed by atoms with Gasteiger partial charge in [0.05, 0.1) is 39.3 Å². The smallest absolute Gasteiger partial charge is 0.221 e. The van der Waals surface area contributed by atoms with Crippen LogP contribution in [0, 0.1) is 0 Å². The van der Waals surface area contributed by atoms with Crippen LogP contribution in [0.25, 0.3) is 22.5 Å². The number of nitrogens with two attached hydrogens (primary N) is 1. The van der Waals surface area contributed by atoms with E-state index in [4.69, 9.17) is 24.7 Å². The number of methoxy groups -OCH3 is 3. The lowest BCUT2D eigenvalue weighted by atomic mass is 10.1. The normalized spacial score (nSPS) is 10.4. The summed E-state index contributed by atoms with van der Waals surface area (Å²) >= 11 is 0. The molecule has 146 valence electrons. The molecule has 0 spiro atoms. The molecule has 0 aliphatic heterocycles. The predicted octanol–water partition coefficient (Wildman–Crippen LogP) is 3.82. The van der Waals surface area contributed by atoms with Crippen LogP contribution in [-0.4, -0.2) is 37.9 Å². The van der Waals surface area contributed by atoms with E-state index < -0.39 is 0 Å². The van der Waals surface area contributed by atoms with Gasteiger partial charge in [-0.2, -0.15) is 0 Å². The van der Waals surface area contributed by atoms with E-state index in [0.29, 0.717) is 35.2 Å². The highest BCUT2D eigenvalue weighted by molar-refractivity contribution is 5.73. The quantitative estimate of drug-likeness (QED) is 0.665. The van der Waals surface area contributed by atoms with Gasteiger partial charge >= 0.3 is 0 Å². The van der Waals surface area contributed by atoms with Crippen LogP contribution in [0.1, 0.15) is 6.92 Å². The fourth-order valence-corrected chi connectivity index (χ4v) is 2.88. The summed E-state index contributed by atoms with van der Waals surface area (Å²) in [5.41, 5.74) is 9.01. The van der Waals surface area contributed by atoms with Gasteiger partial charge in [0, 0.05) is 11.1 Å². The predicted molar refractivity (Wildman–Crippen MR) is 108 cm³/mol. The third-order valence-electron chi connectivity index (χ3n) is 4.17. The third kappa shape index (κ3) is 3.93. The Hall–Kier alpha value is -3.48. The van der Waals surface area contributed by atoms with Crippen molar-refractivity contribution < 1.29 is 18.9 Å². The van der Waals surface area contributed by atoms with Gasteiger partial charge in [-0.05, 0) is 49.4 Å². The molecule has 0 aliphatic rings. The summed E-state index contributed by atoms with van der Waals surface area (Å²) < 4.78 is 21.7. The van der Waals surface area contributed by atoms with E-state index >= 15 is 0 Å². The first kappa shape index (κ1) is 19.3. The van der Waals surface area contributed by atoms with Gasteiger partial charge in [0.15, 0.2) is 11.5 Å². The molecule has 7 heteroatoms. The molecule has 0 fully saturated rings. The van der Waals surface area contributed by atoms with Crippen molar-refractivity contribution in [2.24, 2.45) is 0 Å². The first-order valence-electron chi connectivity index (χ1n) is 8.77. The van der Waals surface area contributed by atoms with Crippen molar-refractivity contribution in [3.8, 4) is 45.5 Å². The van der Waals surface area contributed by atoms with Gasteiger partial charge in [0.1, 0.15) is 5.75 Å². The van der Waals surface area contributed by atoms with Crippen LogP contribution in [0.5, 0.6) is 23.0 Å². The zero-order chi connectivity index (χ0) is 20.1. The van der Waals surface area contributed by atoms with Crippen molar-refractivity contribution >= 4 is 5.95 Å². The molecule has 28 heavy (non-hydrogen) atoms. The first-order valence-corrected chi connectivity index (χ1v) is 8.77. The maximum atomic E-state index is 5.97. The minimum absolute atomic E-state index is 0.176. The standard InChI is InChI=1S/C21H23N3O4/c1-5-28-15-8-6-13(7-9-15)16-12-17(24-21(22)23-16)14-10-18(25-2)20(27-4)19(11-14)26-3/h6-12H,5H2,1-4H3,(H2,22,23,24). The highest BCUT2D eigenvalue weighted by atomic mass is 16.5. The molecule has 1 heterocycles. The van der Waals surface area contributed by atoms with Crippen molar-refractivity contribution in [3.05, 3.63) is 42.5 Å². The molecule has 3 rings (SSSR count). The summed E-state index contributed by atoms with van der Waals surface area (Å²) in [4.78, 5) is 8.74. The van der Waals surface area contributed by atoms with Crippen LogP contribution in [0.15, 0.2) is 42.5 Å². The number of nitrogens with zero attached hydrogens (tertiary/aromatic N) is 2. The van der Waals surface area contributed by atoms with Crippen LogP contribution in [-0.2, 0) is 0 Å². The second-order valence-electron chi connectivity index (χ2n) is 5.87. The van der Waals surface area contributed by atoms with E-state index in [1.807, 2.05) is 49.4 Å². The van der Waals surface area contributed by atoms with Gasteiger partial charge < -0.3 is 24.7 Å². The molecule has 0 saturated heterocycles. The molecule has 1 aromatic heterocycles. The Morgan fingerprint density at radius 1 is 0.786 bits per heavy atom. The molecular weight excluding hydrogens is 358 g/mol. The second kappa shape index (κ2) is 8.47. The minimum atomic E-state index is 0.176. The third-order valence-corrected chi connectivity index (χ3v) is 4.17. The molecule has 0 aliphatic carbocycles. The van der Waals surface area contributed by atoms with Crippen molar-refractivity contribution in [2.45, 2.75) is 6.92 Å². The van der Waals surface area contributed by atoms with Crippen molar-refractivity contribution in [2.75, 3.05) is 33.7 Å². The molecule has 3 aromatic rings. The topological polar surface area (TPSA) is 88.7 Å². The van der Waals surface area contributed by atoms with E-state index in [1.165, 1.54) is 0 Å². The fraction of sp³-hybridized carbons (Fsp3) is 0.238. The molecule has 0 atom stereocenters. The number of ether oxygens (including phenoxy) is 4. The van der Waals surface area contributed by atoms with Gasteiger partial charge in [-0.15, -0.1) is 0 Å². The Balaban J connectivity index is 2.06. The maximum absolute atomic E-state index is 5.97. The van der Waals surface area contributed by atoms with Gasteiger partial charge in [0.25, 0.3) is 0 Å². The van der Waals surface area contributed by atoms with E-state index in [2.05, 4.69) is 9.97 Å². The lowest BCUT2D eigenvalue weighted by molar-refractivity contribution is 0.324. The van der Waals surface area contributed by atoms with E-state index in [1.54, 1.807) is 21.3 Å². The summed E-state index contributed by atoms with van der Waals surface area (Å²) in [5.74, 6) is 2.57. The molecule has 7 nitrogen and oxygen atoms in total. The van der Waals surface area contributed by atoms with E-state index in [9.17, 15) is 0 Å². The number of anilines is 1. The lowest BCUT2D eigenvalue weighted by Crippen LogP contribution is -2.00. The second-order valence-corrected chi connectivity index (χ2v) is 5.87. The molecular formula is C21H23N3O4. The van der Waals surface area contributed by atoms with Gasteiger partial charge in [-0.25, -0.2) is 9.97 Å². The van der Waals surface area contributed by atoms with Crippen molar-refractivity contribution in [1.82, 2.24) is 9.97 Å². The maximum Gasteiger partial charge on any atom is 0.221 e. The number of hydrogen-bond donors (Lipinski definition) is 1. The Bertz CT molecular complexity index is 933. The number of benzene rings is 2. The summed E-state index contributed by atoms with van der Waals surface area (Å²) in [5, 5.41) is 0. The van der Waals surface area contributed by atoms with Crippen molar-refractivity contribution in [1.29, 1.82) is 0 Å². The highest BCUT2D eigenvalue weighted by Crippen LogP contribution is 2.41. The zero-order valence-corrected chi connectivity index (χ0v) is 16.4. The monoisotopic (exact) mass is 381 g/mol. The SMILES string of the molecule is CCOc1ccc(-c2cc(-c3cc(OC)c(OC)c(OC)c3)nc(N)n2)cc1. The van der Waals surface area contributed by atoms with Crippen LogP contribution in [0.2, 0.25) is 0 Å². The number of aromatic nitrogens is 2. The van der Waals surface area contributed by atoms with Gasteiger partial charge in [-0.3, -0.25) is 0 Å². The van der Waals surface area contributed by atoms with Gasteiger partial charge in [-0.1, -0.05) is 0 Å². The first-order chi connectivity index (χ1) is 13.6. The average molecular weight is 381 g/mol. The largest absolute Gasteiger partial charge is 0.494 e. The van der Waals surface area contributed by atoms with Crippen LogP contribution < -0.4 is 24.7 Å². The number of hydrogen-bond acceptors (Lipinski definition) is 7. The molecule has 0 amide bonds. The molecule has 0 unspecified atom stereocenters. The molecule has 0 bridgehead atoms. The van der Waals surface area contributed by atoms with Crippen molar-refractivity contribution in [3.63, 3.8) is 0 Å². The molecule has 0 saturated carbocycles. The minimum Gasteiger partial charge on any atom is -0.494 e.